The number of carbonyl (C=O) groups excluding carboxylic acids is 1. The summed E-state index contributed by atoms with van der Waals surface area (Å²) in [5.41, 5.74) is 5.62. The highest BCUT2D eigenvalue weighted by molar-refractivity contribution is 9.10. The molecule has 0 bridgehead atoms. The first kappa shape index (κ1) is 15.8. The molecule has 1 aliphatic rings. The van der Waals surface area contributed by atoms with Crippen molar-refractivity contribution < 1.29 is 14.7 Å². The van der Waals surface area contributed by atoms with Gasteiger partial charge in [0.05, 0.1) is 5.69 Å². The molecule has 0 saturated carbocycles. The van der Waals surface area contributed by atoms with E-state index in [0.717, 1.165) is 18.5 Å². The second-order valence-electron chi connectivity index (χ2n) is 5.37. The first-order valence-corrected chi connectivity index (χ1v) is 7.82. The van der Waals surface area contributed by atoms with E-state index in [1.54, 1.807) is 18.2 Å². The second-order valence-corrected chi connectivity index (χ2v) is 6.23. The van der Waals surface area contributed by atoms with E-state index in [2.05, 4.69) is 15.9 Å². The van der Waals surface area contributed by atoms with Gasteiger partial charge in [-0.05, 0) is 53.4 Å². The van der Waals surface area contributed by atoms with Gasteiger partial charge >= 0.3 is 5.97 Å². The Morgan fingerprint density at radius 2 is 2.19 bits per heavy atom. The van der Waals surface area contributed by atoms with Crippen LogP contribution in [0.2, 0.25) is 0 Å². The van der Waals surface area contributed by atoms with Crippen LogP contribution in [-0.2, 0) is 4.79 Å². The molecule has 1 atom stereocenters. The average molecular weight is 355 g/mol. The lowest BCUT2D eigenvalue weighted by Gasteiger charge is -2.37. The molecule has 1 aromatic carbocycles. The number of carboxylic acid groups (broad SMARTS) is 1. The zero-order valence-electron chi connectivity index (χ0n) is 11.9. The lowest BCUT2D eigenvalue weighted by Crippen LogP contribution is -2.50. The summed E-state index contributed by atoms with van der Waals surface area (Å²) in [7, 11) is 0. The number of rotatable bonds is 5. The number of nitrogens with zero attached hydrogens (tertiary/aromatic N) is 1. The Labute approximate surface area is 132 Å². The highest BCUT2D eigenvalue weighted by Crippen LogP contribution is 2.41. The summed E-state index contributed by atoms with van der Waals surface area (Å²) in [6.07, 6.45) is 2.89. The van der Waals surface area contributed by atoms with E-state index >= 15 is 0 Å². The summed E-state index contributed by atoms with van der Waals surface area (Å²) < 4.78 is 0.697. The summed E-state index contributed by atoms with van der Waals surface area (Å²) in [4.78, 5) is 25.0. The predicted octanol–water partition coefficient (Wildman–Crippen LogP) is 2.77. The maximum Gasteiger partial charge on any atom is 0.329 e. The van der Waals surface area contributed by atoms with Gasteiger partial charge in [0.2, 0.25) is 5.91 Å². The highest BCUT2D eigenvalue weighted by atomic mass is 79.9. The SMILES string of the molecule is CCCC1(C(=O)O)CCCN1c1ccc(C(N)=O)cc1Br. The molecule has 0 radical (unpaired) electrons. The van der Waals surface area contributed by atoms with Crippen LogP contribution in [0.15, 0.2) is 22.7 Å². The summed E-state index contributed by atoms with van der Waals surface area (Å²) in [5, 5.41) is 9.73. The number of hydrogen-bond acceptors (Lipinski definition) is 3. The molecule has 1 aliphatic heterocycles. The Hall–Kier alpha value is -1.56. The largest absolute Gasteiger partial charge is 0.479 e. The van der Waals surface area contributed by atoms with E-state index in [0.29, 0.717) is 29.4 Å². The number of nitrogens with two attached hydrogens (primary N) is 1. The van der Waals surface area contributed by atoms with Crippen LogP contribution in [0.4, 0.5) is 5.69 Å². The number of aliphatic carboxylic acids is 1. The molecular formula is C15H19BrN2O3. The van der Waals surface area contributed by atoms with Gasteiger partial charge in [-0.3, -0.25) is 4.79 Å². The van der Waals surface area contributed by atoms with Gasteiger partial charge in [0.15, 0.2) is 0 Å². The lowest BCUT2D eigenvalue weighted by molar-refractivity contribution is -0.143. The van der Waals surface area contributed by atoms with Crippen molar-refractivity contribution in [2.75, 3.05) is 11.4 Å². The minimum Gasteiger partial charge on any atom is -0.479 e. The number of carboxylic acids is 1. The van der Waals surface area contributed by atoms with Crippen LogP contribution in [0.5, 0.6) is 0 Å². The third-order valence-electron chi connectivity index (χ3n) is 4.07. The number of anilines is 1. The van der Waals surface area contributed by atoms with Gasteiger partial charge in [0.1, 0.15) is 5.54 Å². The quantitative estimate of drug-likeness (QED) is 0.851. The van der Waals surface area contributed by atoms with Crippen molar-refractivity contribution in [2.24, 2.45) is 5.73 Å². The molecule has 1 saturated heterocycles. The van der Waals surface area contributed by atoms with E-state index in [1.807, 2.05) is 11.8 Å². The first-order valence-electron chi connectivity index (χ1n) is 7.03. The van der Waals surface area contributed by atoms with Gasteiger partial charge in [0, 0.05) is 16.6 Å². The van der Waals surface area contributed by atoms with E-state index in [9.17, 15) is 14.7 Å². The van der Waals surface area contributed by atoms with Gasteiger partial charge < -0.3 is 15.7 Å². The van der Waals surface area contributed by atoms with Crippen molar-refractivity contribution in [3.63, 3.8) is 0 Å². The number of benzene rings is 1. The fraction of sp³-hybridized carbons (Fsp3) is 0.467. The van der Waals surface area contributed by atoms with Crippen molar-refractivity contribution in [3.8, 4) is 0 Å². The van der Waals surface area contributed by atoms with Crippen LogP contribution in [0.1, 0.15) is 43.0 Å². The number of amides is 1. The van der Waals surface area contributed by atoms with Crippen LogP contribution in [0.3, 0.4) is 0 Å². The van der Waals surface area contributed by atoms with Gasteiger partial charge in [-0.25, -0.2) is 4.79 Å². The molecule has 1 amide bonds. The summed E-state index contributed by atoms with van der Waals surface area (Å²) in [6, 6.07) is 5.05. The predicted molar refractivity (Wildman–Crippen MR) is 84.5 cm³/mol. The van der Waals surface area contributed by atoms with Crippen LogP contribution in [0, 0.1) is 0 Å². The molecule has 1 heterocycles. The normalized spacial score (nSPS) is 21.5. The molecule has 0 aliphatic carbocycles. The van der Waals surface area contributed by atoms with E-state index in [4.69, 9.17) is 5.73 Å². The van der Waals surface area contributed by atoms with Crippen LogP contribution in [-0.4, -0.2) is 29.1 Å². The number of halogens is 1. The molecular weight excluding hydrogens is 336 g/mol. The third kappa shape index (κ3) is 2.77. The van der Waals surface area contributed by atoms with Crippen molar-refractivity contribution in [1.29, 1.82) is 0 Å². The smallest absolute Gasteiger partial charge is 0.329 e. The molecule has 1 unspecified atom stereocenters. The van der Waals surface area contributed by atoms with E-state index in [1.165, 1.54) is 0 Å². The third-order valence-corrected chi connectivity index (χ3v) is 4.71. The van der Waals surface area contributed by atoms with Gasteiger partial charge in [-0.15, -0.1) is 0 Å². The molecule has 3 N–H and O–H groups in total. The fourth-order valence-corrected chi connectivity index (χ4v) is 3.70. The Balaban J connectivity index is 2.44. The fourth-order valence-electron chi connectivity index (χ4n) is 3.11. The second kappa shape index (κ2) is 6.05. The van der Waals surface area contributed by atoms with Gasteiger partial charge in [-0.2, -0.15) is 0 Å². The number of carbonyl (C=O) groups is 2. The van der Waals surface area contributed by atoms with Crippen molar-refractivity contribution in [2.45, 2.75) is 38.1 Å². The summed E-state index contributed by atoms with van der Waals surface area (Å²) in [6.45, 7) is 2.69. The summed E-state index contributed by atoms with van der Waals surface area (Å²) >= 11 is 3.43. The maximum atomic E-state index is 11.9. The van der Waals surface area contributed by atoms with Gasteiger partial charge in [0.25, 0.3) is 0 Å². The Bertz CT molecular complexity index is 576. The number of primary amides is 1. The van der Waals surface area contributed by atoms with Crippen LogP contribution in [0.25, 0.3) is 0 Å². The van der Waals surface area contributed by atoms with E-state index < -0.39 is 17.4 Å². The molecule has 114 valence electrons. The molecule has 0 spiro atoms. The Morgan fingerprint density at radius 1 is 1.48 bits per heavy atom. The van der Waals surface area contributed by atoms with Gasteiger partial charge in [-0.1, -0.05) is 13.3 Å². The zero-order valence-corrected chi connectivity index (χ0v) is 13.5. The minimum atomic E-state index is -0.856. The molecule has 21 heavy (non-hydrogen) atoms. The molecule has 1 fully saturated rings. The minimum absolute atomic E-state index is 0.404. The lowest BCUT2D eigenvalue weighted by atomic mass is 9.90. The zero-order chi connectivity index (χ0) is 15.6. The average Bonchev–Trinajstić information content (AvgIpc) is 2.84. The Morgan fingerprint density at radius 3 is 2.71 bits per heavy atom. The van der Waals surface area contributed by atoms with Crippen molar-refractivity contribution >= 4 is 33.5 Å². The van der Waals surface area contributed by atoms with Crippen molar-refractivity contribution in [1.82, 2.24) is 0 Å². The molecule has 5 nitrogen and oxygen atoms in total. The standard InChI is InChI=1S/C15H19BrN2O3/c1-2-6-15(14(20)21)7-3-8-18(15)12-5-4-10(13(17)19)9-11(12)16/h4-5,9H,2-3,6-8H2,1H3,(H2,17,19)(H,20,21). The molecule has 2 rings (SSSR count). The summed E-state index contributed by atoms with van der Waals surface area (Å²) in [5.74, 6) is -1.28. The molecule has 6 heteroatoms. The Kier molecular flexibility index (Phi) is 4.56. The number of hydrogen-bond donors (Lipinski definition) is 2. The van der Waals surface area contributed by atoms with E-state index in [-0.39, 0.29) is 0 Å². The first-order chi connectivity index (χ1) is 9.92. The maximum absolute atomic E-state index is 11.9. The molecule has 0 aromatic heterocycles. The van der Waals surface area contributed by atoms with Crippen molar-refractivity contribution in [3.05, 3.63) is 28.2 Å². The topological polar surface area (TPSA) is 83.6 Å². The van der Waals surface area contributed by atoms with Crippen LogP contribution >= 0.6 is 15.9 Å². The van der Waals surface area contributed by atoms with Crippen LogP contribution < -0.4 is 10.6 Å². The highest BCUT2D eigenvalue weighted by Gasteiger charge is 2.47. The molecule has 1 aromatic rings. The monoisotopic (exact) mass is 354 g/mol.